The van der Waals surface area contributed by atoms with Gasteiger partial charge in [-0.1, -0.05) is 6.07 Å². The molecule has 1 aliphatic heterocycles. The van der Waals surface area contributed by atoms with Crippen LogP contribution in [-0.2, 0) is 0 Å². The van der Waals surface area contributed by atoms with E-state index < -0.39 is 6.61 Å². The Kier molecular flexibility index (Phi) is 3.78. The number of nitrogens with one attached hydrogen (secondary N) is 1. The van der Waals surface area contributed by atoms with E-state index in [0.717, 1.165) is 37.4 Å². The van der Waals surface area contributed by atoms with E-state index in [1.165, 1.54) is 0 Å². The maximum atomic E-state index is 12.2. The number of alkyl halides is 2. The fourth-order valence-electron chi connectivity index (χ4n) is 1.93. The second kappa shape index (κ2) is 5.31. The zero-order chi connectivity index (χ0) is 12.3. The van der Waals surface area contributed by atoms with Gasteiger partial charge in [0.05, 0.1) is 0 Å². The standard InChI is InChI=1S/C12H16F2N2O/c1-9-2-3-10(8-11(9)17-12(13)14)16-6-4-15-5-7-16/h2-3,8,12,15H,4-7H2,1H3. The van der Waals surface area contributed by atoms with Crippen molar-refractivity contribution in [3.05, 3.63) is 23.8 Å². The third-order valence-electron chi connectivity index (χ3n) is 2.87. The summed E-state index contributed by atoms with van der Waals surface area (Å²) in [5, 5.41) is 3.25. The lowest BCUT2D eigenvalue weighted by atomic mass is 10.2. The average Bonchev–Trinajstić information content (AvgIpc) is 2.32. The maximum absolute atomic E-state index is 12.2. The van der Waals surface area contributed by atoms with Crippen LogP contribution in [0.4, 0.5) is 14.5 Å². The van der Waals surface area contributed by atoms with Gasteiger partial charge in [0.2, 0.25) is 0 Å². The Labute approximate surface area is 99.4 Å². The summed E-state index contributed by atoms with van der Waals surface area (Å²) in [4.78, 5) is 2.16. The van der Waals surface area contributed by atoms with E-state index in [0.29, 0.717) is 0 Å². The third kappa shape index (κ3) is 3.06. The first-order chi connectivity index (χ1) is 8.16. The molecule has 0 radical (unpaired) electrons. The minimum absolute atomic E-state index is 0.260. The van der Waals surface area contributed by atoms with E-state index in [1.807, 2.05) is 12.1 Å². The molecule has 2 rings (SSSR count). The zero-order valence-electron chi connectivity index (χ0n) is 9.75. The van der Waals surface area contributed by atoms with Crippen LogP contribution in [0.25, 0.3) is 0 Å². The quantitative estimate of drug-likeness (QED) is 0.877. The van der Waals surface area contributed by atoms with Crippen molar-refractivity contribution in [1.29, 1.82) is 0 Å². The number of halogens is 2. The Bertz CT molecular complexity index is 379. The van der Waals surface area contributed by atoms with Crippen LogP contribution in [0.15, 0.2) is 18.2 Å². The molecule has 1 saturated heterocycles. The van der Waals surface area contributed by atoms with Crippen LogP contribution in [0.3, 0.4) is 0 Å². The summed E-state index contributed by atoms with van der Waals surface area (Å²) in [5.74, 6) is 0.260. The summed E-state index contributed by atoms with van der Waals surface area (Å²) in [7, 11) is 0. The molecular weight excluding hydrogens is 226 g/mol. The minimum Gasteiger partial charge on any atom is -0.434 e. The van der Waals surface area contributed by atoms with Crippen LogP contribution >= 0.6 is 0 Å². The molecule has 0 aliphatic carbocycles. The van der Waals surface area contributed by atoms with Crippen molar-refractivity contribution in [1.82, 2.24) is 5.32 Å². The lowest BCUT2D eigenvalue weighted by molar-refractivity contribution is -0.0502. The lowest BCUT2D eigenvalue weighted by Crippen LogP contribution is -2.43. The van der Waals surface area contributed by atoms with Crippen LogP contribution in [0, 0.1) is 6.92 Å². The molecule has 0 saturated carbocycles. The van der Waals surface area contributed by atoms with Crippen molar-refractivity contribution < 1.29 is 13.5 Å². The second-order valence-electron chi connectivity index (χ2n) is 4.07. The van der Waals surface area contributed by atoms with Crippen molar-refractivity contribution >= 4 is 5.69 Å². The van der Waals surface area contributed by atoms with Gasteiger partial charge in [0, 0.05) is 37.9 Å². The molecule has 1 aliphatic rings. The van der Waals surface area contributed by atoms with E-state index in [4.69, 9.17) is 0 Å². The number of rotatable bonds is 3. The summed E-state index contributed by atoms with van der Waals surface area (Å²) in [6.45, 7) is 2.60. The second-order valence-corrected chi connectivity index (χ2v) is 4.07. The van der Waals surface area contributed by atoms with Gasteiger partial charge in [-0.2, -0.15) is 8.78 Å². The first-order valence-corrected chi connectivity index (χ1v) is 5.68. The molecule has 0 atom stereocenters. The third-order valence-corrected chi connectivity index (χ3v) is 2.87. The predicted octanol–water partition coefficient (Wildman–Crippen LogP) is 2.01. The Morgan fingerprint density at radius 2 is 2.00 bits per heavy atom. The van der Waals surface area contributed by atoms with Crippen LogP contribution in [-0.4, -0.2) is 32.8 Å². The summed E-state index contributed by atoms with van der Waals surface area (Å²) in [6, 6.07) is 5.45. The molecule has 94 valence electrons. The molecule has 0 amide bonds. The molecule has 1 aromatic rings. The molecule has 1 heterocycles. The highest BCUT2D eigenvalue weighted by Crippen LogP contribution is 2.26. The van der Waals surface area contributed by atoms with E-state index in [-0.39, 0.29) is 5.75 Å². The topological polar surface area (TPSA) is 24.5 Å². The summed E-state index contributed by atoms with van der Waals surface area (Å²) < 4.78 is 29.0. The van der Waals surface area contributed by atoms with Crippen molar-refractivity contribution in [2.75, 3.05) is 31.1 Å². The molecule has 1 N–H and O–H groups in total. The molecule has 3 nitrogen and oxygen atoms in total. The van der Waals surface area contributed by atoms with Gasteiger partial charge in [-0.15, -0.1) is 0 Å². The first kappa shape index (κ1) is 12.1. The van der Waals surface area contributed by atoms with E-state index >= 15 is 0 Å². The van der Waals surface area contributed by atoms with Gasteiger partial charge in [0.25, 0.3) is 0 Å². The van der Waals surface area contributed by atoms with Gasteiger partial charge in [-0.05, 0) is 18.6 Å². The van der Waals surface area contributed by atoms with Crippen molar-refractivity contribution in [2.45, 2.75) is 13.5 Å². The lowest BCUT2D eigenvalue weighted by Gasteiger charge is -2.29. The Hall–Kier alpha value is -1.36. The number of anilines is 1. The van der Waals surface area contributed by atoms with Crippen molar-refractivity contribution in [2.24, 2.45) is 0 Å². The Morgan fingerprint density at radius 3 is 2.65 bits per heavy atom. The van der Waals surface area contributed by atoms with E-state index in [1.54, 1.807) is 13.0 Å². The molecule has 0 spiro atoms. The van der Waals surface area contributed by atoms with Crippen molar-refractivity contribution in [3.8, 4) is 5.75 Å². The van der Waals surface area contributed by atoms with E-state index in [9.17, 15) is 8.78 Å². The molecule has 17 heavy (non-hydrogen) atoms. The SMILES string of the molecule is Cc1ccc(N2CCNCC2)cc1OC(F)F. The Morgan fingerprint density at radius 1 is 1.29 bits per heavy atom. The smallest absolute Gasteiger partial charge is 0.387 e. The highest BCUT2D eigenvalue weighted by molar-refractivity contribution is 5.53. The molecule has 1 aromatic carbocycles. The largest absolute Gasteiger partial charge is 0.434 e. The molecular formula is C12H16F2N2O. The van der Waals surface area contributed by atoms with Crippen LogP contribution in [0.5, 0.6) is 5.75 Å². The van der Waals surface area contributed by atoms with Gasteiger partial charge in [-0.25, -0.2) is 0 Å². The zero-order valence-corrected chi connectivity index (χ0v) is 9.75. The highest BCUT2D eigenvalue weighted by atomic mass is 19.3. The molecule has 0 bridgehead atoms. The Balaban J connectivity index is 2.17. The molecule has 0 aromatic heterocycles. The normalized spacial score (nSPS) is 16.4. The van der Waals surface area contributed by atoms with Gasteiger partial charge >= 0.3 is 6.61 Å². The van der Waals surface area contributed by atoms with Gasteiger partial charge in [0.15, 0.2) is 0 Å². The monoisotopic (exact) mass is 242 g/mol. The summed E-state index contributed by atoms with van der Waals surface area (Å²) in [6.07, 6.45) is 0. The maximum Gasteiger partial charge on any atom is 0.387 e. The average molecular weight is 242 g/mol. The fourth-order valence-corrected chi connectivity index (χ4v) is 1.93. The molecule has 5 heteroatoms. The fraction of sp³-hybridized carbons (Fsp3) is 0.500. The number of hydrogen-bond acceptors (Lipinski definition) is 3. The number of nitrogens with zero attached hydrogens (tertiary/aromatic N) is 1. The summed E-state index contributed by atoms with van der Waals surface area (Å²) >= 11 is 0. The number of benzene rings is 1. The van der Waals surface area contributed by atoms with Crippen molar-refractivity contribution in [3.63, 3.8) is 0 Å². The number of ether oxygens (including phenoxy) is 1. The minimum atomic E-state index is -2.77. The molecule has 1 fully saturated rings. The number of piperazine rings is 1. The first-order valence-electron chi connectivity index (χ1n) is 5.68. The number of aryl methyl sites for hydroxylation is 1. The van der Waals surface area contributed by atoms with Gasteiger partial charge < -0.3 is 15.0 Å². The van der Waals surface area contributed by atoms with Crippen LogP contribution < -0.4 is 15.0 Å². The number of hydrogen-bond donors (Lipinski definition) is 1. The molecule has 0 unspecified atom stereocenters. The summed E-state index contributed by atoms with van der Waals surface area (Å²) in [5.41, 5.74) is 1.66. The van der Waals surface area contributed by atoms with Gasteiger partial charge in [-0.3, -0.25) is 0 Å². The highest BCUT2D eigenvalue weighted by Gasteiger charge is 2.13. The predicted molar refractivity (Wildman–Crippen MR) is 62.9 cm³/mol. The van der Waals surface area contributed by atoms with Crippen LogP contribution in [0.1, 0.15) is 5.56 Å². The van der Waals surface area contributed by atoms with Crippen LogP contribution in [0.2, 0.25) is 0 Å². The van der Waals surface area contributed by atoms with Gasteiger partial charge in [0.1, 0.15) is 5.75 Å². The van der Waals surface area contributed by atoms with E-state index in [2.05, 4.69) is 15.0 Å².